The number of rotatable bonds is 10. The first-order valence-corrected chi connectivity index (χ1v) is 10.5. The zero-order chi connectivity index (χ0) is 18.8. The topological polar surface area (TPSA) is 70.7 Å². The van der Waals surface area contributed by atoms with E-state index >= 15 is 0 Å². The molecule has 6 nitrogen and oxygen atoms in total. The summed E-state index contributed by atoms with van der Waals surface area (Å²) in [4.78, 5) is 26.6. The zero-order valence-corrected chi connectivity index (χ0v) is 16.4. The molecule has 0 spiro atoms. The second kappa shape index (κ2) is 11.1. The van der Waals surface area contributed by atoms with Crippen LogP contribution < -0.4 is 15.4 Å². The average Bonchev–Trinajstić information content (AvgIpc) is 2.63. The monoisotopic (exact) mass is 379 g/mol. The molecule has 1 aromatic rings. The van der Waals surface area contributed by atoms with Gasteiger partial charge in [0.25, 0.3) is 0 Å². The third kappa shape index (κ3) is 6.53. The summed E-state index contributed by atoms with van der Waals surface area (Å²) in [5.41, 5.74) is 1.11. The van der Waals surface area contributed by atoms with Gasteiger partial charge in [0, 0.05) is 26.2 Å². The summed E-state index contributed by atoms with van der Waals surface area (Å²) >= 11 is 1.76. The third-order valence-electron chi connectivity index (χ3n) is 4.29. The van der Waals surface area contributed by atoms with Gasteiger partial charge in [-0.25, -0.2) is 0 Å². The molecule has 1 fully saturated rings. The SMILES string of the molecule is CCOc1ccc(CN2CCNC(=O)C2CC(=O)NCCCSC)cc1. The smallest absolute Gasteiger partial charge is 0.237 e. The van der Waals surface area contributed by atoms with Crippen LogP contribution in [-0.2, 0) is 16.1 Å². The Morgan fingerprint density at radius 3 is 2.85 bits per heavy atom. The van der Waals surface area contributed by atoms with Crippen LogP contribution in [0.25, 0.3) is 0 Å². The molecule has 1 aliphatic rings. The van der Waals surface area contributed by atoms with E-state index in [4.69, 9.17) is 4.74 Å². The van der Waals surface area contributed by atoms with Crippen molar-refractivity contribution < 1.29 is 14.3 Å². The van der Waals surface area contributed by atoms with E-state index in [1.54, 1.807) is 11.8 Å². The van der Waals surface area contributed by atoms with E-state index < -0.39 is 6.04 Å². The minimum Gasteiger partial charge on any atom is -0.494 e. The maximum absolute atomic E-state index is 12.3. The number of carbonyl (C=O) groups excluding carboxylic acids is 2. The lowest BCUT2D eigenvalue weighted by Crippen LogP contribution is -2.56. The van der Waals surface area contributed by atoms with Crippen molar-refractivity contribution in [1.82, 2.24) is 15.5 Å². The van der Waals surface area contributed by atoms with E-state index in [1.165, 1.54) is 0 Å². The summed E-state index contributed by atoms with van der Waals surface area (Å²) in [6.45, 7) is 5.25. The van der Waals surface area contributed by atoms with Crippen LogP contribution in [0.2, 0.25) is 0 Å². The van der Waals surface area contributed by atoms with Crippen LogP contribution in [0.15, 0.2) is 24.3 Å². The van der Waals surface area contributed by atoms with E-state index in [2.05, 4.69) is 15.5 Å². The molecule has 1 heterocycles. The molecule has 0 aromatic heterocycles. The number of piperazine rings is 1. The Morgan fingerprint density at radius 1 is 1.38 bits per heavy atom. The largest absolute Gasteiger partial charge is 0.494 e. The molecule has 1 saturated heterocycles. The van der Waals surface area contributed by atoms with E-state index in [0.717, 1.165) is 30.0 Å². The van der Waals surface area contributed by atoms with Crippen LogP contribution >= 0.6 is 11.8 Å². The van der Waals surface area contributed by atoms with Crippen LogP contribution in [0, 0.1) is 0 Å². The number of thioether (sulfide) groups is 1. The molecule has 0 bridgehead atoms. The van der Waals surface area contributed by atoms with Crippen molar-refractivity contribution in [1.29, 1.82) is 0 Å². The number of hydrogen-bond donors (Lipinski definition) is 2. The van der Waals surface area contributed by atoms with Gasteiger partial charge < -0.3 is 15.4 Å². The highest BCUT2D eigenvalue weighted by atomic mass is 32.2. The standard InChI is InChI=1S/C19H29N3O3S/c1-3-25-16-7-5-15(6-8-16)14-22-11-10-21-19(24)17(22)13-18(23)20-9-4-12-26-2/h5-8,17H,3-4,9-14H2,1-2H3,(H,20,23)(H,21,24). The van der Waals surface area contributed by atoms with Gasteiger partial charge in [0.15, 0.2) is 0 Å². The summed E-state index contributed by atoms with van der Waals surface area (Å²) in [5.74, 6) is 1.73. The second-order valence-electron chi connectivity index (χ2n) is 6.25. The molecule has 1 aromatic carbocycles. The van der Waals surface area contributed by atoms with Gasteiger partial charge in [0.1, 0.15) is 5.75 Å². The van der Waals surface area contributed by atoms with Crippen molar-refractivity contribution in [2.45, 2.75) is 32.4 Å². The Balaban J connectivity index is 1.92. The Bertz CT molecular complexity index is 580. The van der Waals surface area contributed by atoms with Gasteiger partial charge in [-0.1, -0.05) is 12.1 Å². The quantitative estimate of drug-likeness (QED) is 0.605. The minimum atomic E-state index is -0.420. The molecule has 2 amide bonds. The van der Waals surface area contributed by atoms with Crippen LogP contribution in [-0.4, -0.2) is 61.0 Å². The molecule has 1 atom stereocenters. The third-order valence-corrected chi connectivity index (χ3v) is 4.98. The summed E-state index contributed by atoms with van der Waals surface area (Å²) in [6.07, 6.45) is 3.19. The van der Waals surface area contributed by atoms with E-state index in [9.17, 15) is 9.59 Å². The van der Waals surface area contributed by atoms with Crippen LogP contribution in [0.1, 0.15) is 25.3 Å². The van der Waals surface area contributed by atoms with Gasteiger partial charge in [-0.05, 0) is 43.0 Å². The molecule has 26 heavy (non-hydrogen) atoms. The lowest BCUT2D eigenvalue weighted by atomic mass is 10.1. The maximum atomic E-state index is 12.3. The van der Waals surface area contributed by atoms with E-state index in [1.807, 2.05) is 37.4 Å². The van der Waals surface area contributed by atoms with Crippen molar-refractivity contribution in [3.8, 4) is 5.75 Å². The molecule has 0 aliphatic carbocycles. The minimum absolute atomic E-state index is 0.0650. The molecule has 144 valence electrons. The number of nitrogens with one attached hydrogen (secondary N) is 2. The summed E-state index contributed by atoms with van der Waals surface area (Å²) < 4.78 is 5.46. The fraction of sp³-hybridized carbons (Fsp3) is 0.579. The van der Waals surface area contributed by atoms with Crippen LogP contribution in [0.5, 0.6) is 5.75 Å². The number of benzene rings is 1. The molecule has 2 rings (SSSR count). The number of amides is 2. The van der Waals surface area contributed by atoms with E-state index in [0.29, 0.717) is 26.2 Å². The first-order valence-electron chi connectivity index (χ1n) is 9.13. The van der Waals surface area contributed by atoms with Crippen molar-refractivity contribution in [2.75, 3.05) is 38.2 Å². The van der Waals surface area contributed by atoms with Gasteiger partial charge >= 0.3 is 0 Å². The predicted molar refractivity (Wildman–Crippen MR) is 105 cm³/mol. The zero-order valence-electron chi connectivity index (χ0n) is 15.6. The lowest BCUT2D eigenvalue weighted by molar-refractivity contribution is -0.134. The van der Waals surface area contributed by atoms with Crippen molar-refractivity contribution >= 4 is 23.6 Å². The molecule has 0 radical (unpaired) electrons. The van der Waals surface area contributed by atoms with Crippen molar-refractivity contribution in [3.63, 3.8) is 0 Å². The first kappa shape index (κ1) is 20.6. The molecule has 7 heteroatoms. The van der Waals surface area contributed by atoms with E-state index in [-0.39, 0.29) is 18.2 Å². The molecule has 2 N–H and O–H groups in total. The Hall–Kier alpha value is -1.73. The molecule has 1 unspecified atom stereocenters. The summed E-state index contributed by atoms with van der Waals surface area (Å²) in [7, 11) is 0. The van der Waals surface area contributed by atoms with Crippen LogP contribution in [0.3, 0.4) is 0 Å². The van der Waals surface area contributed by atoms with Gasteiger partial charge in [-0.3, -0.25) is 14.5 Å². The van der Waals surface area contributed by atoms with Gasteiger partial charge in [-0.15, -0.1) is 0 Å². The molecular formula is C19H29N3O3S. The van der Waals surface area contributed by atoms with Crippen molar-refractivity contribution in [2.24, 2.45) is 0 Å². The summed E-state index contributed by atoms with van der Waals surface area (Å²) in [6, 6.07) is 7.48. The second-order valence-corrected chi connectivity index (χ2v) is 7.24. The van der Waals surface area contributed by atoms with Gasteiger partial charge in [0.05, 0.1) is 19.1 Å². The highest BCUT2D eigenvalue weighted by Gasteiger charge is 2.31. The Kier molecular flexibility index (Phi) is 8.77. The molecule has 1 aliphatic heterocycles. The fourth-order valence-corrected chi connectivity index (χ4v) is 3.39. The maximum Gasteiger partial charge on any atom is 0.237 e. The molecule has 0 saturated carbocycles. The normalized spacial score (nSPS) is 17.6. The number of ether oxygens (including phenoxy) is 1. The Morgan fingerprint density at radius 2 is 2.15 bits per heavy atom. The van der Waals surface area contributed by atoms with Gasteiger partial charge in [-0.2, -0.15) is 11.8 Å². The van der Waals surface area contributed by atoms with Gasteiger partial charge in [0.2, 0.25) is 11.8 Å². The van der Waals surface area contributed by atoms with Crippen LogP contribution in [0.4, 0.5) is 0 Å². The fourth-order valence-electron chi connectivity index (χ4n) is 2.96. The Labute approximate surface area is 160 Å². The molecular weight excluding hydrogens is 350 g/mol. The highest BCUT2D eigenvalue weighted by molar-refractivity contribution is 7.98. The van der Waals surface area contributed by atoms with Crippen molar-refractivity contribution in [3.05, 3.63) is 29.8 Å². The number of hydrogen-bond acceptors (Lipinski definition) is 5. The first-order chi connectivity index (χ1) is 12.6. The highest BCUT2D eigenvalue weighted by Crippen LogP contribution is 2.17. The summed E-state index contributed by atoms with van der Waals surface area (Å²) in [5, 5.41) is 5.79. The lowest BCUT2D eigenvalue weighted by Gasteiger charge is -2.34. The predicted octanol–water partition coefficient (Wildman–Crippen LogP) is 1.65. The number of carbonyl (C=O) groups is 2. The average molecular weight is 380 g/mol. The number of nitrogens with zero attached hydrogens (tertiary/aromatic N) is 1.